The summed E-state index contributed by atoms with van der Waals surface area (Å²) in [6, 6.07) is 4.61. The summed E-state index contributed by atoms with van der Waals surface area (Å²) in [7, 11) is 1.09. The van der Waals surface area contributed by atoms with Crippen LogP contribution in [0.1, 0.15) is 10.4 Å². The number of ether oxygens (including phenoxy) is 1. The molecule has 0 bridgehead atoms. The zero-order valence-electron chi connectivity index (χ0n) is 6.96. The minimum Gasteiger partial charge on any atom is -0.345 e. The SMILES string of the molecule is CO[C@@H]([18F])C(=O)c1ccc(F)cc1. The largest absolute Gasteiger partial charge is 0.345 e. The van der Waals surface area contributed by atoms with Crippen LogP contribution in [0.25, 0.3) is 0 Å². The monoisotopic (exact) mass is 185 g/mol. The van der Waals surface area contributed by atoms with Crippen LogP contribution in [0, 0.1) is 5.82 Å². The van der Waals surface area contributed by atoms with E-state index in [4.69, 9.17) is 0 Å². The lowest BCUT2D eigenvalue weighted by atomic mass is 10.1. The first-order chi connectivity index (χ1) is 6.15. The smallest absolute Gasteiger partial charge is 0.262 e. The van der Waals surface area contributed by atoms with Gasteiger partial charge in [0.15, 0.2) is 0 Å². The zero-order chi connectivity index (χ0) is 9.84. The third-order valence-corrected chi connectivity index (χ3v) is 1.54. The van der Waals surface area contributed by atoms with Crippen LogP contribution < -0.4 is 0 Å². The van der Waals surface area contributed by atoms with Crippen molar-refractivity contribution >= 4 is 5.78 Å². The van der Waals surface area contributed by atoms with Gasteiger partial charge in [-0.15, -0.1) is 0 Å². The highest BCUT2D eigenvalue weighted by Crippen LogP contribution is 2.08. The first-order valence-corrected chi connectivity index (χ1v) is 3.62. The van der Waals surface area contributed by atoms with E-state index in [0.717, 1.165) is 19.2 Å². The van der Waals surface area contributed by atoms with Crippen LogP contribution in [0.3, 0.4) is 0 Å². The Hall–Kier alpha value is -1.29. The summed E-state index contributed by atoms with van der Waals surface area (Å²) >= 11 is 0. The molecular weight excluding hydrogens is 177 g/mol. The molecule has 0 fully saturated rings. The molecule has 70 valence electrons. The Bertz CT molecular complexity index is 295. The number of Topliss-reactive ketones (excluding diaryl/α,β-unsaturated/α-hetero) is 1. The van der Waals surface area contributed by atoms with Crippen molar-refractivity contribution in [2.45, 2.75) is 6.36 Å². The molecule has 1 rings (SSSR count). The van der Waals surface area contributed by atoms with Gasteiger partial charge < -0.3 is 4.74 Å². The van der Waals surface area contributed by atoms with E-state index in [1.165, 1.54) is 12.1 Å². The normalized spacial score (nSPS) is 12.5. The van der Waals surface area contributed by atoms with Crippen molar-refractivity contribution in [2.24, 2.45) is 0 Å². The minimum atomic E-state index is -1.98. The standard InChI is InChI=1S/C9H8F2O2/c1-13-9(11)8(12)6-2-4-7(10)5-3-6/h2-5,9H,1H3/t9-/m1/s1/i11-1. The van der Waals surface area contributed by atoms with Crippen LogP contribution in [-0.2, 0) is 4.74 Å². The van der Waals surface area contributed by atoms with Gasteiger partial charge in [-0.2, -0.15) is 0 Å². The molecule has 1 aromatic carbocycles. The lowest BCUT2D eigenvalue weighted by molar-refractivity contribution is 0.00542. The van der Waals surface area contributed by atoms with Gasteiger partial charge in [0.2, 0.25) is 5.78 Å². The second-order valence-electron chi connectivity index (χ2n) is 2.42. The molecular formula is C9H8F2O2. The quantitative estimate of drug-likeness (QED) is 0.673. The molecule has 0 radical (unpaired) electrons. The molecule has 0 aliphatic carbocycles. The number of benzene rings is 1. The maximum atomic E-state index is 12.6. The molecule has 0 saturated heterocycles. The Morgan fingerprint density at radius 2 is 1.92 bits per heavy atom. The van der Waals surface area contributed by atoms with Crippen LogP contribution in [0.15, 0.2) is 24.3 Å². The Labute approximate surface area is 74.1 Å². The number of ketones is 1. The fourth-order valence-electron chi connectivity index (χ4n) is 0.852. The van der Waals surface area contributed by atoms with Crippen molar-refractivity contribution < 1.29 is 18.3 Å². The average Bonchev–Trinajstić information content (AvgIpc) is 2.17. The van der Waals surface area contributed by atoms with Crippen molar-refractivity contribution in [1.82, 2.24) is 0 Å². The highest BCUT2D eigenvalue weighted by Gasteiger charge is 2.17. The number of hydrogen-bond acceptors (Lipinski definition) is 2. The van der Waals surface area contributed by atoms with Crippen LogP contribution in [0.5, 0.6) is 0 Å². The fourth-order valence-corrected chi connectivity index (χ4v) is 0.852. The van der Waals surface area contributed by atoms with E-state index >= 15 is 0 Å². The zero-order valence-corrected chi connectivity index (χ0v) is 6.96. The fraction of sp³-hybridized carbons (Fsp3) is 0.222. The summed E-state index contributed by atoms with van der Waals surface area (Å²) < 4.78 is 29.2. The molecule has 1 atom stereocenters. The van der Waals surface area contributed by atoms with Gasteiger partial charge in [0, 0.05) is 12.7 Å². The summed E-state index contributed by atoms with van der Waals surface area (Å²) in [6.45, 7) is 0. The van der Waals surface area contributed by atoms with Gasteiger partial charge in [0.25, 0.3) is 6.36 Å². The van der Waals surface area contributed by atoms with Gasteiger partial charge in [-0.1, -0.05) is 0 Å². The molecule has 0 unspecified atom stereocenters. The van der Waals surface area contributed by atoms with E-state index in [0.29, 0.717) is 0 Å². The Morgan fingerprint density at radius 3 is 2.38 bits per heavy atom. The van der Waals surface area contributed by atoms with Crippen LogP contribution in [0.4, 0.5) is 8.78 Å². The Kier molecular flexibility index (Phi) is 3.08. The molecule has 0 aliphatic rings. The summed E-state index contributed by atoms with van der Waals surface area (Å²) in [5, 5.41) is 0. The highest BCUT2D eigenvalue weighted by molar-refractivity contribution is 5.98. The predicted octanol–water partition coefficient (Wildman–Crippen LogP) is 1.95. The van der Waals surface area contributed by atoms with Crippen molar-refractivity contribution in [1.29, 1.82) is 0 Å². The summed E-state index contributed by atoms with van der Waals surface area (Å²) in [4.78, 5) is 11.1. The summed E-state index contributed by atoms with van der Waals surface area (Å²) in [5.74, 6) is -1.27. The lowest BCUT2D eigenvalue weighted by Gasteiger charge is -2.03. The van der Waals surface area contributed by atoms with Crippen LogP contribution >= 0.6 is 0 Å². The summed E-state index contributed by atoms with van der Waals surface area (Å²) in [5.41, 5.74) is 0.0933. The van der Waals surface area contributed by atoms with E-state index < -0.39 is 18.0 Å². The number of carbonyl (C=O) groups excluding carboxylic acids is 1. The molecule has 4 heteroatoms. The Morgan fingerprint density at radius 1 is 1.38 bits per heavy atom. The van der Waals surface area contributed by atoms with E-state index in [1.807, 2.05) is 0 Å². The Balaban J connectivity index is 2.83. The number of methoxy groups -OCH3 is 1. The van der Waals surface area contributed by atoms with Crippen LogP contribution in [0.2, 0.25) is 0 Å². The van der Waals surface area contributed by atoms with Crippen molar-refractivity contribution in [3.05, 3.63) is 35.6 Å². The van der Waals surface area contributed by atoms with Crippen molar-refractivity contribution in [3.63, 3.8) is 0 Å². The lowest BCUT2D eigenvalue weighted by Crippen LogP contribution is -2.17. The molecule has 2 nitrogen and oxygen atoms in total. The molecule has 0 amide bonds. The van der Waals surface area contributed by atoms with E-state index in [2.05, 4.69) is 4.74 Å². The first-order valence-electron chi connectivity index (χ1n) is 3.62. The first kappa shape index (κ1) is 9.80. The molecule has 0 aliphatic heterocycles. The van der Waals surface area contributed by atoms with Gasteiger partial charge >= 0.3 is 0 Å². The molecule has 0 aromatic heterocycles. The number of alkyl halides is 1. The van der Waals surface area contributed by atoms with E-state index in [1.54, 1.807) is 0 Å². The van der Waals surface area contributed by atoms with Crippen molar-refractivity contribution in [3.8, 4) is 0 Å². The number of halogens is 2. The van der Waals surface area contributed by atoms with E-state index in [9.17, 15) is 13.6 Å². The predicted molar refractivity (Wildman–Crippen MR) is 42.6 cm³/mol. The third kappa shape index (κ3) is 2.32. The van der Waals surface area contributed by atoms with Gasteiger partial charge in [-0.05, 0) is 24.3 Å². The van der Waals surface area contributed by atoms with Gasteiger partial charge in [-0.3, -0.25) is 4.79 Å². The molecule has 0 saturated carbocycles. The molecule has 13 heavy (non-hydrogen) atoms. The highest BCUT2D eigenvalue weighted by atomic mass is 19.1. The maximum absolute atomic E-state index is 12.6. The molecule has 1 aromatic rings. The van der Waals surface area contributed by atoms with Crippen molar-refractivity contribution in [2.75, 3.05) is 7.11 Å². The second kappa shape index (κ2) is 4.09. The average molecular weight is 185 g/mol. The summed E-state index contributed by atoms with van der Waals surface area (Å²) in [6.07, 6.45) is -1.98. The maximum Gasteiger partial charge on any atom is 0.262 e. The second-order valence-corrected chi connectivity index (χ2v) is 2.42. The van der Waals surface area contributed by atoms with Gasteiger partial charge in [0.1, 0.15) is 5.82 Å². The number of rotatable bonds is 3. The minimum absolute atomic E-state index is 0.0933. The van der Waals surface area contributed by atoms with E-state index in [-0.39, 0.29) is 5.56 Å². The van der Waals surface area contributed by atoms with Gasteiger partial charge in [-0.25, -0.2) is 8.78 Å². The molecule has 0 N–H and O–H groups in total. The number of carbonyl (C=O) groups is 1. The van der Waals surface area contributed by atoms with Gasteiger partial charge in [0.05, 0.1) is 0 Å². The number of hydrogen-bond donors (Lipinski definition) is 0. The molecule has 0 spiro atoms. The topological polar surface area (TPSA) is 26.3 Å². The third-order valence-electron chi connectivity index (χ3n) is 1.54. The van der Waals surface area contributed by atoms with Crippen LogP contribution in [-0.4, -0.2) is 19.3 Å². The molecule has 0 heterocycles.